The number of fused-ring (bicyclic) bond motifs is 2. The predicted molar refractivity (Wildman–Crippen MR) is 151 cm³/mol. The number of aliphatic hydroxyl groups is 1. The molecule has 8 heteroatoms. The van der Waals surface area contributed by atoms with Gasteiger partial charge >= 0.3 is 5.97 Å². The van der Waals surface area contributed by atoms with Crippen LogP contribution >= 0.6 is 0 Å². The summed E-state index contributed by atoms with van der Waals surface area (Å²) in [5.74, 6) is -3.28. The van der Waals surface area contributed by atoms with E-state index >= 15 is 8.78 Å². The van der Waals surface area contributed by atoms with Crippen LogP contribution < -0.4 is 9.47 Å². The van der Waals surface area contributed by atoms with Crippen molar-refractivity contribution in [3.63, 3.8) is 0 Å². The first-order valence-electron chi connectivity index (χ1n) is 13.6. The Bertz CT molecular complexity index is 1460. The molecule has 0 heterocycles. The Morgan fingerprint density at radius 2 is 1.73 bits per heavy atom. The molecule has 1 spiro atoms. The highest BCUT2D eigenvalue weighted by molar-refractivity contribution is 5.79. The van der Waals surface area contributed by atoms with E-state index in [-0.39, 0.29) is 40.6 Å². The van der Waals surface area contributed by atoms with E-state index in [2.05, 4.69) is 20.8 Å². The zero-order valence-corrected chi connectivity index (χ0v) is 24.3. The minimum Gasteiger partial charge on any atom is -0.497 e. The fraction of sp³-hybridized carbons (Fsp3) is 0.424. The molecule has 41 heavy (non-hydrogen) atoms. The van der Waals surface area contributed by atoms with Gasteiger partial charge in [-0.05, 0) is 71.0 Å². The summed E-state index contributed by atoms with van der Waals surface area (Å²) in [6.07, 6.45) is 1.37. The zero-order valence-electron chi connectivity index (χ0n) is 24.3. The van der Waals surface area contributed by atoms with Gasteiger partial charge in [0.1, 0.15) is 24.0 Å². The lowest BCUT2D eigenvalue weighted by atomic mass is 9.84. The van der Waals surface area contributed by atoms with Crippen LogP contribution in [0, 0.1) is 34.7 Å². The molecule has 0 saturated heterocycles. The van der Waals surface area contributed by atoms with Crippen LogP contribution in [0.15, 0.2) is 42.5 Å². The second kappa shape index (κ2) is 11.4. The van der Waals surface area contributed by atoms with Crippen LogP contribution in [-0.2, 0) is 29.7 Å². The molecule has 0 bridgehead atoms. The monoisotopic (exact) mass is 570 g/mol. The molecule has 2 N–H and O–H groups in total. The average molecular weight is 571 g/mol. The molecule has 2 aliphatic rings. The number of hydrogen-bond donors (Lipinski definition) is 2. The van der Waals surface area contributed by atoms with Crippen molar-refractivity contribution in [1.29, 1.82) is 0 Å². The van der Waals surface area contributed by atoms with Crippen molar-refractivity contribution in [2.45, 2.75) is 59.0 Å². The third kappa shape index (κ3) is 5.54. The van der Waals surface area contributed by atoms with Crippen molar-refractivity contribution in [2.24, 2.45) is 17.3 Å². The van der Waals surface area contributed by atoms with Crippen molar-refractivity contribution in [3.05, 3.63) is 82.2 Å². The third-order valence-corrected chi connectivity index (χ3v) is 8.31. The van der Waals surface area contributed by atoms with Gasteiger partial charge in [-0.3, -0.25) is 4.79 Å². The number of methoxy groups -OCH3 is 1. The molecule has 3 aromatic rings. The topological polar surface area (TPSA) is 76.0 Å². The maximum Gasteiger partial charge on any atom is 0.307 e. The number of carboxylic acids is 1. The molecule has 3 atom stereocenters. The van der Waals surface area contributed by atoms with Gasteiger partial charge in [-0.1, -0.05) is 45.9 Å². The zero-order chi connectivity index (χ0) is 30.3. The van der Waals surface area contributed by atoms with Gasteiger partial charge in [0.15, 0.2) is 11.6 Å². The molecule has 5 nitrogen and oxygen atoms in total. The Balaban J connectivity index is 0.00000189. The average Bonchev–Trinajstić information content (AvgIpc) is 3.30. The lowest BCUT2D eigenvalue weighted by Crippen LogP contribution is -2.15. The number of carboxylic acid groups (broad SMARTS) is 1. The molecule has 2 aliphatic carbocycles. The maximum atomic E-state index is 15.8. The van der Waals surface area contributed by atoms with E-state index in [1.807, 2.05) is 12.1 Å². The molecule has 1 fully saturated rings. The Morgan fingerprint density at radius 1 is 1.02 bits per heavy atom. The summed E-state index contributed by atoms with van der Waals surface area (Å²) in [6.45, 7) is 8.01. The van der Waals surface area contributed by atoms with Crippen molar-refractivity contribution in [1.82, 2.24) is 0 Å². The number of aliphatic hydroxyl groups excluding tert-OH is 1. The summed E-state index contributed by atoms with van der Waals surface area (Å²) in [7, 11) is 2.53. The van der Waals surface area contributed by atoms with Gasteiger partial charge in [0.2, 0.25) is 0 Å². The SMILES string of the molecule is CO.COc1ccc(F)c(-c2ccc(COc3cc(F)c4c(c3F)C3(CC4)C(C)C3C(=O)O)cc2CC(C)(C)C)c1. The Labute approximate surface area is 238 Å². The number of halogens is 3. The van der Waals surface area contributed by atoms with E-state index in [1.54, 1.807) is 25.1 Å². The van der Waals surface area contributed by atoms with E-state index in [0.29, 0.717) is 30.6 Å². The molecule has 5 rings (SSSR count). The van der Waals surface area contributed by atoms with Gasteiger partial charge in [-0.15, -0.1) is 0 Å². The van der Waals surface area contributed by atoms with Crippen LogP contribution in [0.1, 0.15) is 56.4 Å². The highest BCUT2D eigenvalue weighted by Gasteiger charge is 2.70. The number of ether oxygens (including phenoxy) is 2. The lowest BCUT2D eigenvalue weighted by Gasteiger charge is -2.22. The van der Waals surface area contributed by atoms with E-state index in [0.717, 1.165) is 29.9 Å². The maximum absolute atomic E-state index is 15.8. The van der Waals surface area contributed by atoms with Crippen molar-refractivity contribution in [3.8, 4) is 22.6 Å². The fourth-order valence-corrected chi connectivity index (χ4v) is 6.48. The quantitative estimate of drug-likeness (QED) is 0.317. The number of rotatable bonds is 7. The van der Waals surface area contributed by atoms with Gasteiger partial charge in [-0.25, -0.2) is 13.2 Å². The molecule has 1 saturated carbocycles. The number of aliphatic carboxylic acids is 1. The first-order valence-corrected chi connectivity index (χ1v) is 13.6. The van der Waals surface area contributed by atoms with Crippen LogP contribution in [0.2, 0.25) is 0 Å². The number of benzene rings is 3. The minimum absolute atomic E-state index is 0.0297. The molecule has 0 aliphatic heterocycles. The normalized spacial score (nSPS) is 20.7. The predicted octanol–water partition coefficient (Wildman–Crippen LogP) is 7.09. The molecule has 3 aromatic carbocycles. The second-order valence-corrected chi connectivity index (χ2v) is 12.0. The van der Waals surface area contributed by atoms with Crippen LogP contribution in [-0.4, -0.2) is 30.4 Å². The van der Waals surface area contributed by atoms with E-state index in [9.17, 15) is 14.3 Å². The van der Waals surface area contributed by atoms with Crippen LogP contribution in [0.5, 0.6) is 11.5 Å². The van der Waals surface area contributed by atoms with Gasteiger partial charge in [0, 0.05) is 29.7 Å². The van der Waals surface area contributed by atoms with E-state index < -0.39 is 28.9 Å². The lowest BCUT2D eigenvalue weighted by molar-refractivity contribution is -0.139. The van der Waals surface area contributed by atoms with Crippen molar-refractivity contribution >= 4 is 5.97 Å². The standard InChI is InChI=1S/C32H33F3O4.CH4O/c1-17-27(30(36)37)32(17)11-10-22-25(34)14-26(29(35)28(22)32)39-16-18-6-8-21(19(12-18)15-31(2,3)4)23-13-20(38-5)7-9-24(23)33;1-2/h6-9,12-14,17,27H,10-11,15-16H2,1-5H3,(H,36,37);2H,1H3. The Hall–Kier alpha value is -3.52. The van der Waals surface area contributed by atoms with Crippen molar-refractivity contribution in [2.75, 3.05) is 14.2 Å². The first-order chi connectivity index (χ1) is 19.4. The van der Waals surface area contributed by atoms with Crippen molar-refractivity contribution < 1.29 is 37.7 Å². The van der Waals surface area contributed by atoms with Crippen LogP contribution in [0.25, 0.3) is 11.1 Å². The van der Waals surface area contributed by atoms with Gasteiger partial charge in [0.25, 0.3) is 0 Å². The smallest absolute Gasteiger partial charge is 0.307 e. The number of carbonyl (C=O) groups is 1. The molecule has 0 amide bonds. The largest absolute Gasteiger partial charge is 0.497 e. The molecule has 0 radical (unpaired) electrons. The van der Waals surface area contributed by atoms with Crippen LogP contribution in [0.3, 0.4) is 0 Å². The van der Waals surface area contributed by atoms with Gasteiger partial charge in [-0.2, -0.15) is 0 Å². The minimum atomic E-state index is -0.986. The first kappa shape index (κ1) is 30.4. The summed E-state index contributed by atoms with van der Waals surface area (Å²) in [5.41, 5.74) is 2.20. The third-order valence-electron chi connectivity index (χ3n) is 8.31. The Morgan fingerprint density at radius 3 is 2.34 bits per heavy atom. The number of hydrogen-bond acceptors (Lipinski definition) is 4. The second-order valence-electron chi connectivity index (χ2n) is 12.0. The highest BCUT2D eigenvalue weighted by atomic mass is 19.1. The van der Waals surface area contributed by atoms with Crippen LogP contribution in [0.4, 0.5) is 13.2 Å². The highest BCUT2D eigenvalue weighted by Crippen LogP contribution is 2.67. The molecule has 0 aromatic heterocycles. The molecular weight excluding hydrogens is 533 g/mol. The van der Waals surface area contributed by atoms with E-state index in [4.69, 9.17) is 14.6 Å². The summed E-state index contributed by atoms with van der Waals surface area (Å²) in [4.78, 5) is 11.8. The molecule has 3 unspecified atom stereocenters. The van der Waals surface area contributed by atoms with Gasteiger partial charge < -0.3 is 19.7 Å². The summed E-state index contributed by atoms with van der Waals surface area (Å²) < 4.78 is 56.8. The Kier molecular flexibility index (Phi) is 8.46. The van der Waals surface area contributed by atoms with Gasteiger partial charge in [0.05, 0.1) is 13.0 Å². The summed E-state index contributed by atoms with van der Waals surface area (Å²) in [6, 6.07) is 11.2. The fourth-order valence-electron chi connectivity index (χ4n) is 6.48. The van der Waals surface area contributed by atoms with E-state index in [1.165, 1.54) is 13.2 Å². The molecule has 220 valence electrons. The summed E-state index contributed by atoms with van der Waals surface area (Å²) in [5, 5.41) is 16.6. The molecular formula is C33H37F3O5. The summed E-state index contributed by atoms with van der Waals surface area (Å²) >= 11 is 0.